The smallest absolute Gasteiger partial charge is 0.322 e. The first-order valence-corrected chi connectivity index (χ1v) is 6.65. The van der Waals surface area contributed by atoms with Crippen molar-refractivity contribution in [3.8, 4) is 0 Å². The first-order chi connectivity index (χ1) is 9.88. The minimum absolute atomic E-state index is 0.107. The molecule has 0 spiro atoms. The van der Waals surface area contributed by atoms with Crippen LogP contribution in [0, 0.1) is 13.8 Å². The summed E-state index contributed by atoms with van der Waals surface area (Å²) < 4.78 is 5.05. The van der Waals surface area contributed by atoms with Crippen molar-refractivity contribution >= 4 is 17.8 Å². The number of imide groups is 1. The molecule has 0 saturated carbocycles. The molecule has 21 heavy (non-hydrogen) atoms. The zero-order chi connectivity index (χ0) is 15.6. The normalized spacial score (nSPS) is 17.6. The number of nitrogens with zero attached hydrogens (tertiary/aromatic N) is 2. The van der Waals surface area contributed by atoms with E-state index in [0.29, 0.717) is 12.3 Å². The maximum absolute atomic E-state index is 12.1. The minimum Gasteiger partial charge on any atom is -0.361 e. The van der Waals surface area contributed by atoms with Gasteiger partial charge in [0.05, 0.1) is 12.2 Å². The van der Waals surface area contributed by atoms with Crippen LogP contribution >= 0.6 is 0 Å². The van der Waals surface area contributed by atoms with E-state index in [1.54, 1.807) is 18.9 Å². The van der Waals surface area contributed by atoms with Crippen LogP contribution in [-0.2, 0) is 16.1 Å². The molecule has 1 aliphatic rings. The van der Waals surface area contributed by atoms with E-state index in [-0.39, 0.29) is 24.7 Å². The lowest BCUT2D eigenvalue weighted by atomic mass is 10.1. The third kappa shape index (κ3) is 3.39. The van der Waals surface area contributed by atoms with E-state index in [4.69, 9.17) is 4.52 Å². The number of aryl methyl sites for hydroxylation is 2. The Balaban J connectivity index is 1.86. The van der Waals surface area contributed by atoms with Gasteiger partial charge in [0.1, 0.15) is 11.8 Å². The van der Waals surface area contributed by atoms with Gasteiger partial charge in [0, 0.05) is 19.0 Å². The molecule has 1 atom stereocenters. The summed E-state index contributed by atoms with van der Waals surface area (Å²) in [5.41, 5.74) is 1.65. The van der Waals surface area contributed by atoms with Crippen molar-refractivity contribution in [2.75, 3.05) is 7.05 Å². The summed E-state index contributed by atoms with van der Waals surface area (Å²) in [7, 11) is 1.68. The highest BCUT2D eigenvalue weighted by Crippen LogP contribution is 2.15. The molecule has 2 rings (SSSR count). The molecule has 0 bridgehead atoms. The van der Waals surface area contributed by atoms with Crippen LogP contribution in [0.2, 0.25) is 0 Å². The molecule has 2 N–H and O–H groups in total. The van der Waals surface area contributed by atoms with Gasteiger partial charge in [0.25, 0.3) is 5.91 Å². The number of carbonyl (C=O) groups is 3. The van der Waals surface area contributed by atoms with E-state index >= 15 is 0 Å². The third-order valence-electron chi connectivity index (χ3n) is 3.51. The standard InChI is InChI=1S/C13H18N4O4/c1-7-9(8(2)21-16-7)6-17(3)11(18)5-4-10-12(19)15-13(20)14-10/h10H,4-6H2,1-3H3,(H2,14,15,19,20)/t10-/m0/s1. The maximum atomic E-state index is 12.1. The van der Waals surface area contributed by atoms with Gasteiger partial charge in [-0.25, -0.2) is 4.79 Å². The first-order valence-electron chi connectivity index (χ1n) is 6.65. The first kappa shape index (κ1) is 15.0. The molecule has 8 heteroatoms. The van der Waals surface area contributed by atoms with Gasteiger partial charge in [-0.05, 0) is 20.3 Å². The Morgan fingerprint density at radius 3 is 2.62 bits per heavy atom. The summed E-state index contributed by atoms with van der Waals surface area (Å²) in [4.78, 5) is 36.0. The molecule has 0 radical (unpaired) electrons. The molecule has 0 aliphatic carbocycles. The van der Waals surface area contributed by atoms with Gasteiger partial charge in [-0.1, -0.05) is 5.16 Å². The largest absolute Gasteiger partial charge is 0.361 e. The van der Waals surface area contributed by atoms with Crippen LogP contribution in [0.25, 0.3) is 0 Å². The van der Waals surface area contributed by atoms with Crippen LogP contribution in [-0.4, -0.2) is 41.0 Å². The fraction of sp³-hybridized carbons (Fsp3) is 0.538. The second-order valence-corrected chi connectivity index (χ2v) is 5.11. The van der Waals surface area contributed by atoms with Gasteiger partial charge in [-0.2, -0.15) is 0 Å². The number of amides is 4. The summed E-state index contributed by atoms with van der Waals surface area (Å²) in [5, 5.41) is 8.45. The average Bonchev–Trinajstić information content (AvgIpc) is 2.91. The molecule has 0 aromatic carbocycles. The minimum atomic E-state index is -0.631. The molecule has 1 aromatic rings. The van der Waals surface area contributed by atoms with Crippen molar-refractivity contribution in [3.63, 3.8) is 0 Å². The Morgan fingerprint density at radius 1 is 1.38 bits per heavy atom. The predicted molar refractivity (Wildman–Crippen MR) is 72.1 cm³/mol. The van der Waals surface area contributed by atoms with Crippen LogP contribution in [0.1, 0.15) is 29.9 Å². The topological polar surface area (TPSA) is 105 Å². The van der Waals surface area contributed by atoms with Crippen molar-refractivity contribution in [2.45, 2.75) is 39.3 Å². The van der Waals surface area contributed by atoms with Gasteiger partial charge in [-0.15, -0.1) is 0 Å². The average molecular weight is 294 g/mol. The quantitative estimate of drug-likeness (QED) is 0.757. The van der Waals surface area contributed by atoms with E-state index in [2.05, 4.69) is 15.8 Å². The van der Waals surface area contributed by atoms with Gasteiger partial charge in [-0.3, -0.25) is 14.9 Å². The number of hydrogen-bond donors (Lipinski definition) is 2. The van der Waals surface area contributed by atoms with Gasteiger partial charge in [0.15, 0.2) is 0 Å². The lowest BCUT2D eigenvalue weighted by Crippen LogP contribution is -2.32. The Labute approximate surface area is 121 Å². The highest BCUT2D eigenvalue weighted by atomic mass is 16.5. The lowest BCUT2D eigenvalue weighted by Gasteiger charge is -2.17. The summed E-state index contributed by atoms with van der Waals surface area (Å²) in [6.45, 7) is 4.03. The van der Waals surface area contributed by atoms with E-state index in [1.807, 2.05) is 6.92 Å². The lowest BCUT2D eigenvalue weighted by molar-refractivity contribution is -0.130. The summed E-state index contributed by atoms with van der Waals surface area (Å²) in [6, 6.07) is -1.14. The summed E-state index contributed by atoms with van der Waals surface area (Å²) >= 11 is 0. The molecule has 4 amide bonds. The van der Waals surface area contributed by atoms with Crippen molar-refractivity contribution in [3.05, 3.63) is 17.0 Å². The molecular formula is C13H18N4O4. The molecule has 8 nitrogen and oxygen atoms in total. The van der Waals surface area contributed by atoms with Crippen LogP contribution in [0.5, 0.6) is 0 Å². The van der Waals surface area contributed by atoms with Crippen molar-refractivity contribution in [1.82, 2.24) is 20.7 Å². The monoisotopic (exact) mass is 294 g/mol. The molecule has 1 saturated heterocycles. The molecule has 1 aromatic heterocycles. The second kappa shape index (κ2) is 5.94. The van der Waals surface area contributed by atoms with Crippen LogP contribution in [0.3, 0.4) is 0 Å². The Morgan fingerprint density at radius 2 is 2.10 bits per heavy atom. The molecular weight excluding hydrogens is 276 g/mol. The number of nitrogens with one attached hydrogen (secondary N) is 2. The zero-order valence-corrected chi connectivity index (χ0v) is 12.2. The highest BCUT2D eigenvalue weighted by Gasteiger charge is 2.29. The number of carbonyl (C=O) groups excluding carboxylic acids is 3. The Bertz CT molecular complexity index is 561. The van der Waals surface area contributed by atoms with Crippen molar-refractivity contribution in [1.29, 1.82) is 0 Å². The zero-order valence-electron chi connectivity index (χ0n) is 12.2. The van der Waals surface area contributed by atoms with E-state index < -0.39 is 12.1 Å². The molecule has 1 fully saturated rings. The van der Waals surface area contributed by atoms with Crippen molar-refractivity contribution in [2.24, 2.45) is 0 Å². The number of urea groups is 1. The number of rotatable bonds is 5. The fourth-order valence-electron chi connectivity index (χ4n) is 2.17. The number of hydrogen-bond acceptors (Lipinski definition) is 5. The molecule has 114 valence electrons. The highest BCUT2D eigenvalue weighted by molar-refractivity contribution is 6.04. The van der Waals surface area contributed by atoms with Gasteiger partial charge < -0.3 is 14.7 Å². The van der Waals surface area contributed by atoms with Crippen LogP contribution in [0.15, 0.2) is 4.52 Å². The Kier molecular flexibility index (Phi) is 4.25. The van der Waals surface area contributed by atoms with E-state index in [1.165, 1.54) is 0 Å². The SMILES string of the molecule is Cc1noc(C)c1CN(C)C(=O)CC[C@@H]1NC(=O)NC1=O. The second-order valence-electron chi connectivity index (χ2n) is 5.11. The van der Waals surface area contributed by atoms with E-state index in [0.717, 1.165) is 11.3 Å². The Hall–Kier alpha value is -2.38. The van der Waals surface area contributed by atoms with E-state index in [9.17, 15) is 14.4 Å². The van der Waals surface area contributed by atoms with Gasteiger partial charge in [0.2, 0.25) is 5.91 Å². The predicted octanol–water partition coefficient (Wildman–Crippen LogP) is 0.238. The van der Waals surface area contributed by atoms with Crippen LogP contribution in [0.4, 0.5) is 4.79 Å². The third-order valence-corrected chi connectivity index (χ3v) is 3.51. The molecule has 1 aliphatic heterocycles. The molecule has 2 heterocycles. The molecule has 0 unspecified atom stereocenters. The maximum Gasteiger partial charge on any atom is 0.322 e. The van der Waals surface area contributed by atoms with Crippen LogP contribution < -0.4 is 10.6 Å². The summed E-state index contributed by atoms with van der Waals surface area (Å²) in [6.07, 6.45) is 0.459. The summed E-state index contributed by atoms with van der Waals surface area (Å²) in [5.74, 6) is 0.194. The fourth-order valence-corrected chi connectivity index (χ4v) is 2.17. The van der Waals surface area contributed by atoms with Crippen molar-refractivity contribution < 1.29 is 18.9 Å². The number of aromatic nitrogens is 1. The van der Waals surface area contributed by atoms with Gasteiger partial charge >= 0.3 is 6.03 Å².